The third-order valence-electron chi connectivity index (χ3n) is 1.57. The molecule has 0 spiro atoms. The Hall–Kier alpha value is 0.200. The molecule has 12 heavy (non-hydrogen) atoms. The van der Waals surface area contributed by atoms with E-state index in [0.29, 0.717) is 13.2 Å². The van der Waals surface area contributed by atoms with Crippen LogP contribution in [0.3, 0.4) is 0 Å². The molecule has 0 saturated heterocycles. The summed E-state index contributed by atoms with van der Waals surface area (Å²) >= 11 is 0. The first-order chi connectivity index (χ1) is 5.49. The first-order valence-corrected chi connectivity index (χ1v) is 6.47. The largest absolute Gasteiger partial charge is 0.381 e. The number of hydrogen-bond donors (Lipinski definition) is 0. The summed E-state index contributed by atoms with van der Waals surface area (Å²) in [6.07, 6.45) is 0.770. The van der Waals surface area contributed by atoms with Gasteiger partial charge in [-0.25, -0.2) is 8.42 Å². The van der Waals surface area contributed by atoms with Gasteiger partial charge in [0.15, 0.2) is 0 Å². The van der Waals surface area contributed by atoms with Crippen LogP contribution in [0.15, 0.2) is 0 Å². The average molecular weight is 215 g/mol. The van der Waals surface area contributed by atoms with Crippen molar-refractivity contribution < 1.29 is 13.2 Å². The Bertz CT molecular complexity index is 201. The van der Waals surface area contributed by atoms with Gasteiger partial charge in [0.25, 0.3) is 0 Å². The maximum Gasteiger partial charge on any atom is 0.232 e. The summed E-state index contributed by atoms with van der Waals surface area (Å²) < 4.78 is 26.5. The summed E-state index contributed by atoms with van der Waals surface area (Å²) in [7, 11) is 1.73. The molecular formula is C7H15ClO3S. The summed E-state index contributed by atoms with van der Waals surface area (Å²) in [6, 6.07) is 0. The van der Waals surface area contributed by atoms with Crippen molar-refractivity contribution in [3.05, 3.63) is 0 Å². The maximum absolute atomic E-state index is 10.7. The Labute approximate surface area is 78.5 Å². The van der Waals surface area contributed by atoms with Gasteiger partial charge < -0.3 is 4.74 Å². The Balaban J connectivity index is 3.83. The van der Waals surface area contributed by atoms with E-state index in [1.54, 1.807) is 0 Å². The smallest absolute Gasteiger partial charge is 0.232 e. The van der Waals surface area contributed by atoms with Crippen LogP contribution in [0.2, 0.25) is 0 Å². The molecule has 0 fully saturated rings. The second kappa shape index (κ2) is 5.78. The lowest BCUT2D eigenvalue weighted by molar-refractivity contribution is 0.116. The van der Waals surface area contributed by atoms with E-state index in [1.165, 1.54) is 0 Å². The summed E-state index contributed by atoms with van der Waals surface area (Å²) in [4.78, 5) is 0. The van der Waals surface area contributed by atoms with Crippen LogP contribution in [0.4, 0.5) is 0 Å². The number of hydrogen-bond acceptors (Lipinski definition) is 3. The lowest BCUT2D eigenvalue weighted by atomic mass is 10.1. The van der Waals surface area contributed by atoms with Crippen molar-refractivity contribution in [3.63, 3.8) is 0 Å². The van der Waals surface area contributed by atoms with E-state index >= 15 is 0 Å². The molecule has 0 aromatic rings. The molecule has 74 valence electrons. The summed E-state index contributed by atoms with van der Waals surface area (Å²) in [5.74, 6) is 0.0258. The Morgan fingerprint density at radius 3 is 2.33 bits per heavy atom. The van der Waals surface area contributed by atoms with Crippen LogP contribution < -0.4 is 0 Å². The standard InChI is InChI=1S/C7H15ClO3S/c1-3-7(5-11-4-2)6-12(8,9)10/h7H,3-6H2,1-2H3. The van der Waals surface area contributed by atoms with E-state index < -0.39 is 9.05 Å². The molecule has 1 unspecified atom stereocenters. The minimum atomic E-state index is -3.37. The molecule has 0 radical (unpaired) electrons. The Kier molecular flexibility index (Phi) is 5.88. The zero-order valence-electron chi connectivity index (χ0n) is 7.42. The first-order valence-electron chi connectivity index (χ1n) is 3.99. The molecule has 0 aliphatic rings. The van der Waals surface area contributed by atoms with Crippen molar-refractivity contribution in [3.8, 4) is 0 Å². The average Bonchev–Trinajstić information content (AvgIpc) is 1.95. The van der Waals surface area contributed by atoms with E-state index in [0.717, 1.165) is 6.42 Å². The lowest BCUT2D eigenvalue weighted by Crippen LogP contribution is -2.17. The van der Waals surface area contributed by atoms with E-state index in [-0.39, 0.29) is 11.7 Å². The zero-order valence-corrected chi connectivity index (χ0v) is 8.99. The molecule has 0 N–H and O–H groups in total. The van der Waals surface area contributed by atoms with Crippen molar-refractivity contribution in [1.82, 2.24) is 0 Å². The van der Waals surface area contributed by atoms with Crippen LogP contribution >= 0.6 is 10.7 Å². The Morgan fingerprint density at radius 1 is 1.42 bits per heavy atom. The second-order valence-corrected chi connectivity index (χ2v) is 5.46. The van der Waals surface area contributed by atoms with Crippen LogP contribution in [-0.2, 0) is 13.8 Å². The molecule has 0 rings (SSSR count). The van der Waals surface area contributed by atoms with Crippen LogP contribution in [0.5, 0.6) is 0 Å². The van der Waals surface area contributed by atoms with E-state index in [2.05, 4.69) is 0 Å². The van der Waals surface area contributed by atoms with Crippen LogP contribution in [0, 0.1) is 5.92 Å². The fourth-order valence-corrected chi connectivity index (χ4v) is 2.28. The van der Waals surface area contributed by atoms with Crippen molar-refractivity contribution in [2.45, 2.75) is 20.3 Å². The third kappa shape index (κ3) is 6.88. The molecule has 3 nitrogen and oxygen atoms in total. The molecule has 0 heterocycles. The molecule has 0 aliphatic heterocycles. The monoisotopic (exact) mass is 214 g/mol. The van der Waals surface area contributed by atoms with E-state index in [4.69, 9.17) is 15.4 Å². The van der Waals surface area contributed by atoms with Crippen LogP contribution in [0.1, 0.15) is 20.3 Å². The van der Waals surface area contributed by atoms with Gasteiger partial charge in [-0.3, -0.25) is 0 Å². The van der Waals surface area contributed by atoms with E-state index in [1.807, 2.05) is 13.8 Å². The molecule has 0 bridgehead atoms. The van der Waals surface area contributed by atoms with Crippen molar-refractivity contribution in [1.29, 1.82) is 0 Å². The third-order valence-corrected chi connectivity index (χ3v) is 2.82. The summed E-state index contributed by atoms with van der Waals surface area (Å²) in [6.45, 7) is 4.88. The normalized spacial score (nSPS) is 14.6. The quantitative estimate of drug-likeness (QED) is 0.631. The summed E-state index contributed by atoms with van der Waals surface area (Å²) in [5.41, 5.74) is 0. The van der Waals surface area contributed by atoms with Gasteiger partial charge in [0.2, 0.25) is 9.05 Å². The van der Waals surface area contributed by atoms with Gasteiger partial charge in [-0.2, -0.15) is 0 Å². The van der Waals surface area contributed by atoms with E-state index in [9.17, 15) is 8.42 Å². The summed E-state index contributed by atoms with van der Waals surface area (Å²) in [5, 5.41) is 0. The van der Waals surface area contributed by atoms with Gasteiger partial charge >= 0.3 is 0 Å². The molecule has 0 saturated carbocycles. The highest BCUT2D eigenvalue weighted by molar-refractivity contribution is 8.13. The highest BCUT2D eigenvalue weighted by Gasteiger charge is 2.14. The van der Waals surface area contributed by atoms with Crippen molar-refractivity contribution >= 4 is 19.7 Å². The zero-order chi connectivity index (χ0) is 9.61. The molecular weight excluding hydrogens is 200 g/mol. The Morgan fingerprint density at radius 2 is 2.00 bits per heavy atom. The van der Waals surface area contributed by atoms with Gasteiger partial charge in [0.05, 0.1) is 12.4 Å². The van der Waals surface area contributed by atoms with Crippen LogP contribution in [-0.4, -0.2) is 27.4 Å². The van der Waals surface area contributed by atoms with Crippen molar-refractivity contribution in [2.75, 3.05) is 19.0 Å². The fourth-order valence-electron chi connectivity index (χ4n) is 0.850. The lowest BCUT2D eigenvalue weighted by Gasteiger charge is -2.11. The molecule has 0 aliphatic carbocycles. The molecule has 0 aromatic carbocycles. The molecule has 1 atom stereocenters. The van der Waals surface area contributed by atoms with Crippen molar-refractivity contribution in [2.24, 2.45) is 5.92 Å². The van der Waals surface area contributed by atoms with Gasteiger partial charge in [0, 0.05) is 17.3 Å². The minimum absolute atomic E-state index is 0.00502. The highest BCUT2D eigenvalue weighted by atomic mass is 35.7. The first kappa shape index (κ1) is 12.2. The van der Waals surface area contributed by atoms with Gasteiger partial charge in [-0.05, 0) is 12.8 Å². The minimum Gasteiger partial charge on any atom is -0.381 e. The topological polar surface area (TPSA) is 43.4 Å². The predicted molar refractivity (Wildman–Crippen MR) is 49.9 cm³/mol. The van der Waals surface area contributed by atoms with Gasteiger partial charge in [-0.15, -0.1) is 0 Å². The fraction of sp³-hybridized carbons (Fsp3) is 1.00. The van der Waals surface area contributed by atoms with Gasteiger partial charge in [-0.1, -0.05) is 13.3 Å². The SMILES string of the molecule is CCOCC(CC)CS(=O)(=O)Cl. The highest BCUT2D eigenvalue weighted by Crippen LogP contribution is 2.10. The second-order valence-electron chi connectivity index (χ2n) is 2.64. The van der Waals surface area contributed by atoms with Crippen LogP contribution in [0.25, 0.3) is 0 Å². The molecule has 5 heteroatoms. The number of halogens is 1. The number of ether oxygens (including phenoxy) is 1. The number of rotatable bonds is 6. The molecule has 0 amide bonds. The van der Waals surface area contributed by atoms with Gasteiger partial charge in [0.1, 0.15) is 0 Å². The molecule has 0 aromatic heterocycles. The predicted octanol–water partition coefficient (Wildman–Crippen LogP) is 1.62. The maximum atomic E-state index is 10.7.